The first-order valence-corrected chi connectivity index (χ1v) is 6.75. The summed E-state index contributed by atoms with van der Waals surface area (Å²) in [6.45, 7) is 4.28. The molecule has 0 aliphatic carbocycles. The third-order valence-electron chi connectivity index (χ3n) is 3.18. The van der Waals surface area contributed by atoms with E-state index >= 15 is 0 Å². The molecule has 0 heterocycles. The molecule has 0 spiro atoms. The van der Waals surface area contributed by atoms with Gasteiger partial charge in [-0.05, 0) is 31.5 Å². The van der Waals surface area contributed by atoms with Gasteiger partial charge in [-0.1, -0.05) is 48.0 Å². The molecule has 0 saturated heterocycles. The first-order valence-electron chi connectivity index (χ1n) is 6.75. The van der Waals surface area contributed by atoms with Crippen LogP contribution >= 0.6 is 0 Å². The second-order valence-corrected chi connectivity index (χ2v) is 5.03. The van der Waals surface area contributed by atoms with Crippen LogP contribution in [0.1, 0.15) is 18.1 Å². The number of amides is 1. The number of benzene rings is 2. The minimum absolute atomic E-state index is 0.0716. The van der Waals surface area contributed by atoms with E-state index in [-0.39, 0.29) is 5.91 Å². The fourth-order valence-electron chi connectivity index (χ4n) is 2.03. The van der Waals surface area contributed by atoms with Gasteiger partial charge in [0.15, 0.2) is 0 Å². The molecule has 2 aromatic carbocycles. The number of nitrogens with zero attached hydrogens (tertiary/aromatic N) is 1. The summed E-state index contributed by atoms with van der Waals surface area (Å²) in [4.78, 5) is 14.1. The maximum atomic E-state index is 12.3. The molecule has 3 nitrogen and oxygen atoms in total. The smallest absolute Gasteiger partial charge is 0.243 e. The van der Waals surface area contributed by atoms with E-state index < -0.39 is 6.04 Å². The van der Waals surface area contributed by atoms with Crippen LogP contribution < -0.4 is 10.6 Å². The molecule has 2 aromatic rings. The van der Waals surface area contributed by atoms with Gasteiger partial charge in [0.1, 0.15) is 0 Å². The van der Waals surface area contributed by atoms with Gasteiger partial charge in [0.2, 0.25) is 5.91 Å². The average molecular weight is 268 g/mol. The van der Waals surface area contributed by atoms with Gasteiger partial charge in [0, 0.05) is 5.69 Å². The third-order valence-corrected chi connectivity index (χ3v) is 3.18. The second kappa shape index (κ2) is 6.35. The van der Waals surface area contributed by atoms with Gasteiger partial charge < -0.3 is 10.6 Å². The Kier molecular flexibility index (Phi) is 4.53. The molecule has 20 heavy (non-hydrogen) atoms. The summed E-state index contributed by atoms with van der Waals surface area (Å²) in [5.74, 6) is -0.0716. The van der Waals surface area contributed by atoms with Gasteiger partial charge >= 0.3 is 0 Å². The van der Waals surface area contributed by atoms with Crippen molar-refractivity contribution >= 4 is 11.6 Å². The number of hydrogen-bond acceptors (Lipinski definition) is 2. The highest BCUT2D eigenvalue weighted by Crippen LogP contribution is 2.19. The Balaban J connectivity index is 2.30. The van der Waals surface area contributed by atoms with E-state index in [2.05, 4.69) is 0 Å². The number of rotatable bonds is 4. The minimum Gasteiger partial charge on any atom is -0.320 e. The Morgan fingerprint density at radius 1 is 1.10 bits per heavy atom. The second-order valence-electron chi connectivity index (χ2n) is 5.03. The molecule has 0 fully saturated rings. The highest BCUT2D eigenvalue weighted by molar-refractivity contribution is 5.96. The van der Waals surface area contributed by atoms with E-state index in [1.165, 1.54) is 5.56 Å². The van der Waals surface area contributed by atoms with E-state index in [1.54, 1.807) is 11.8 Å². The van der Waals surface area contributed by atoms with Crippen molar-refractivity contribution in [3.63, 3.8) is 0 Å². The van der Waals surface area contributed by atoms with Crippen molar-refractivity contribution in [1.82, 2.24) is 0 Å². The zero-order valence-corrected chi connectivity index (χ0v) is 11.9. The summed E-state index contributed by atoms with van der Waals surface area (Å²) in [7, 11) is 0. The molecule has 104 valence electrons. The first-order chi connectivity index (χ1) is 9.58. The van der Waals surface area contributed by atoms with Crippen molar-refractivity contribution in [3.05, 3.63) is 65.7 Å². The van der Waals surface area contributed by atoms with Crippen molar-refractivity contribution in [2.24, 2.45) is 5.73 Å². The molecule has 2 N–H and O–H groups in total. The molecule has 0 aromatic heterocycles. The van der Waals surface area contributed by atoms with Crippen LogP contribution in [-0.2, 0) is 11.3 Å². The first kappa shape index (κ1) is 14.3. The van der Waals surface area contributed by atoms with Crippen molar-refractivity contribution in [2.75, 3.05) is 4.90 Å². The van der Waals surface area contributed by atoms with Crippen LogP contribution in [0.25, 0.3) is 0 Å². The van der Waals surface area contributed by atoms with Crippen molar-refractivity contribution in [1.29, 1.82) is 0 Å². The van der Waals surface area contributed by atoms with Gasteiger partial charge in [-0.2, -0.15) is 0 Å². The van der Waals surface area contributed by atoms with Gasteiger partial charge in [-0.25, -0.2) is 0 Å². The lowest BCUT2D eigenvalue weighted by atomic mass is 10.1. The number of carbonyl (C=O) groups excluding carboxylic acids is 1. The monoisotopic (exact) mass is 268 g/mol. The summed E-state index contributed by atoms with van der Waals surface area (Å²) in [6, 6.07) is 17.3. The molecule has 2 rings (SSSR count). The molecule has 1 amide bonds. The largest absolute Gasteiger partial charge is 0.320 e. The lowest BCUT2D eigenvalue weighted by Gasteiger charge is -2.25. The van der Waals surface area contributed by atoms with E-state index in [1.807, 2.05) is 61.5 Å². The fourth-order valence-corrected chi connectivity index (χ4v) is 2.03. The summed E-state index contributed by atoms with van der Waals surface area (Å²) >= 11 is 0. The van der Waals surface area contributed by atoms with Crippen LogP contribution in [-0.4, -0.2) is 11.9 Å². The summed E-state index contributed by atoms with van der Waals surface area (Å²) in [5.41, 5.74) is 8.90. The Morgan fingerprint density at radius 2 is 1.70 bits per heavy atom. The predicted octanol–water partition coefficient (Wildman–Crippen LogP) is 2.88. The molecule has 1 atom stereocenters. The SMILES string of the molecule is Cc1ccc(N(Cc2ccccc2)C(=O)[C@@H](C)N)cc1. The quantitative estimate of drug-likeness (QED) is 0.926. The molecular formula is C17H20N2O. The Hall–Kier alpha value is -2.13. The number of carbonyl (C=O) groups is 1. The third kappa shape index (κ3) is 3.45. The van der Waals surface area contributed by atoms with Crippen LogP contribution in [0.5, 0.6) is 0 Å². The molecule has 0 bridgehead atoms. The Morgan fingerprint density at radius 3 is 2.25 bits per heavy atom. The maximum absolute atomic E-state index is 12.3. The fraction of sp³-hybridized carbons (Fsp3) is 0.235. The molecule has 3 heteroatoms. The van der Waals surface area contributed by atoms with E-state index in [9.17, 15) is 4.79 Å². The highest BCUT2D eigenvalue weighted by atomic mass is 16.2. The van der Waals surface area contributed by atoms with E-state index in [0.717, 1.165) is 11.3 Å². The number of hydrogen-bond donors (Lipinski definition) is 1. The zero-order chi connectivity index (χ0) is 14.5. The van der Waals surface area contributed by atoms with Crippen LogP contribution in [0.15, 0.2) is 54.6 Å². The van der Waals surface area contributed by atoms with Crippen molar-refractivity contribution in [2.45, 2.75) is 26.4 Å². The van der Waals surface area contributed by atoms with Crippen LogP contribution in [0.4, 0.5) is 5.69 Å². The molecule has 0 aliphatic heterocycles. The lowest BCUT2D eigenvalue weighted by Crippen LogP contribution is -2.41. The van der Waals surface area contributed by atoms with Gasteiger partial charge in [0.25, 0.3) is 0 Å². The summed E-state index contributed by atoms with van der Waals surface area (Å²) < 4.78 is 0. The molecule has 0 radical (unpaired) electrons. The number of nitrogens with two attached hydrogens (primary N) is 1. The minimum atomic E-state index is -0.514. The summed E-state index contributed by atoms with van der Waals surface area (Å²) in [5, 5.41) is 0. The van der Waals surface area contributed by atoms with Gasteiger partial charge in [0.05, 0.1) is 12.6 Å². The van der Waals surface area contributed by atoms with Crippen molar-refractivity contribution < 1.29 is 4.79 Å². The van der Waals surface area contributed by atoms with Gasteiger partial charge in [-0.15, -0.1) is 0 Å². The zero-order valence-electron chi connectivity index (χ0n) is 11.9. The lowest BCUT2D eigenvalue weighted by molar-refractivity contribution is -0.119. The summed E-state index contributed by atoms with van der Waals surface area (Å²) in [6.07, 6.45) is 0. The average Bonchev–Trinajstić information content (AvgIpc) is 2.46. The van der Waals surface area contributed by atoms with Gasteiger partial charge in [-0.3, -0.25) is 4.79 Å². The molecule has 0 unspecified atom stereocenters. The Bertz CT molecular complexity index is 561. The maximum Gasteiger partial charge on any atom is 0.243 e. The van der Waals surface area contributed by atoms with Crippen LogP contribution in [0.2, 0.25) is 0 Å². The number of anilines is 1. The van der Waals surface area contributed by atoms with E-state index in [0.29, 0.717) is 6.54 Å². The normalized spacial score (nSPS) is 11.9. The van der Waals surface area contributed by atoms with Crippen molar-refractivity contribution in [3.8, 4) is 0 Å². The van der Waals surface area contributed by atoms with E-state index in [4.69, 9.17) is 5.73 Å². The van der Waals surface area contributed by atoms with Crippen LogP contribution in [0.3, 0.4) is 0 Å². The molecule has 0 aliphatic rings. The standard InChI is InChI=1S/C17H20N2O/c1-13-8-10-16(11-9-13)19(17(20)14(2)18)12-15-6-4-3-5-7-15/h3-11,14H,12,18H2,1-2H3/t14-/m1/s1. The Labute approximate surface area is 120 Å². The number of aryl methyl sites for hydroxylation is 1. The molecule has 0 saturated carbocycles. The predicted molar refractivity (Wildman–Crippen MR) is 82.5 cm³/mol. The highest BCUT2D eigenvalue weighted by Gasteiger charge is 2.19. The molecular weight excluding hydrogens is 248 g/mol. The topological polar surface area (TPSA) is 46.3 Å². The van der Waals surface area contributed by atoms with Crippen LogP contribution in [0, 0.1) is 6.92 Å².